The van der Waals surface area contributed by atoms with E-state index in [9.17, 15) is 39.4 Å². The largest absolute Gasteiger partial charge is 0.350 e. The van der Waals surface area contributed by atoms with E-state index in [0.717, 1.165) is 18.2 Å². The van der Waals surface area contributed by atoms with Crippen molar-refractivity contribution in [3.05, 3.63) is 79.4 Å². The van der Waals surface area contributed by atoms with Gasteiger partial charge in [0, 0.05) is 36.1 Å². The second kappa shape index (κ2) is 9.32. The van der Waals surface area contributed by atoms with Gasteiger partial charge >= 0.3 is 5.97 Å². The maximum absolute atomic E-state index is 12.8. The van der Waals surface area contributed by atoms with E-state index in [0.29, 0.717) is 10.6 Å². The van der Waals surface area contributed by atoms with Gasteiger partial charge in [0.2, 0.25) is 0 Å². The topological polar surface area (TPSA) is 193 Å². The summed E-state index contributed by atoms with van der Waals surface area (Å²) in [4.78, 5) is 73.3. The number of amides is 2. The second-order valence-electron chi connectivity index (χ2n) is 7.08. The summed E-state index contributed by atoms with van der Waals surface area (Å²) in [7, 11) is 0. The van der Waals surface area contributed by atoms with Gasteiger partial charge in [0.25, 0.3) is 23.2 Å². The van der Waals surface area contributed by atoms with E-state index in [-0.39, 0.29) is 30.4 Å². The van der Waals surface area contributed by atoms with Crippen molar-refractivity contribution in [3.8, 4) is 0 Å². The Hall–Kier alpha value is -4.52. The Morgan fingerprint density at radius 2 is 1.55 bits per heavy atom. The standard InChI is InChI=1S/C20H16N4O9/c21-16(20(28)33-22-17(25)4-5-18(22)26)7-11-2-1-3-12(6-11)19(27)13-8-14(23(29)30)10-15(9-13)24(31)32/h1-3,6,8-10,16H,4-5,7,21H2/t16-/m0/s1. The Morgan fingerprint density at radius 3 is 2.09 bits per heavy atom. The average Bonchev–Trinajstić information content (AvgIpc) is 3.10. The molecule has 1 saturated heterocycles. The Labute approximate surface area is 185 Å². The molecule has 13 heteroatoms. The van der Waals surface area contributed by atoms with Crippen LogP contribution >= 0.6 is 0 Å². The van der Waals surface area contributed by atoms with E-state index in [4.69, 9.17) is 10.6 Å². The van der Waals surface area contributed by atoms with Crippen LogP contribution in [0.1, 0.15) is 34.3 Å². The summed E-state index contributed by atoms with van der Waals surface area (Å²) in [6, 6.07) is 7.11. The van der Waals surface area contributed by atoms with Gasteiger partial charge in [0.05, 0.1) is 15.9 Å². The first-order valence-electron chi connectivity index (χ1n) is 9.47. The lowest BCUT2D eigenvalue weighted by atomic mass is 9.98. The number of carbonyl (C=O) groups is 4. The first-order chi connectivity index (χ1) is 15.6. The highest BCUT2D eigenvalue weighted by molar-refractivity contribution is 6.09. The van der Waals surface area contributed by atoms with Gasteiger partial charge < -0.3 is 10.6 Å². The molecular weight excluding hydrogens is 440 g/mol. The molecule has 2 amide bonds. The number of carbonyl (C=O) groups excluding carboxylic acids is 4. The number of nitrogens with zero attached hydrogens (tertiary/aromatic N) is 3. The number of nitro benzene ring substituents is 2. The van der Waals surface area contributed by atoms with Crippen molar-refractivity contribution in [1.29, 1.82) is 0 Å². The van der Waals surface area contributed by atoms with E-state index in [2.05, 4.69) is 0 Å². The molecule has 0 aromatic heterocycles. The molecule has 13 nitrogen and oxygen atoms in total. The van der Waals surface area contributed by atoms with Crippen LogP contribution in [0, 0.1) is 20.2 Å². The average molecular weight is 456 g/mol. The zero-order valence-corrected chi connectivity index (χ0v) is 16.8. The first-order valence-corrected chi connectivity index (χ1v) is 9.47. The minimum absolute atomic E-state index is 0.0489. The fourth-order valence-corrected chi connectivity index (χ4v) is 3.10. The number of rotatable bonds is 8. The molecule has 2 aromatic carbocycles. The minimum Gasteiger partial charge on any atom is -0.329 e. The Balaban J connectivity index is 1.78. The highest BCUT2D eigenvalue weighted by Gasteiger charge is 2.34. The molecule has 1 fully saturated rings. The monoisotopic (exact) mass is 456 g/mol. The van der Waals surface area contributed by atoms with Crippen molar-refractivity contribution in [3.63, 3.8) is 0 Å². The van der Waals surface area contributed by atoms with Crippen LogP contribution in [-0.4, -0.2) is 44.5 Å². The van der Waals surface area contributed by atoms with Gasteiger partial charge in [0.15, 0.2) is 5.78 Å². The summed E-state index contributed by atoms with van der Waals surface area (Å²) in [6.07, 6.45) is -0.256. The van der Waals surface area contributed by atoms with Crippen LogP contribution < -0.4 is 5.73 Å². The Bertz CT molecular complexity index is 1150. The molecule has 0 radical (unpaired) electrons. The van der Waals surface area contributed by atoms with Crippen molar-refractivity contribution >= 4 is 34.9 Å². The fraction of sp³-hybridized carbons (Fsp3) is 0.200. The zero-order chi connectivity index (χ0) is 24.3. The number of hydrogen-bond acceptors (Lipinski definition) is 10. The number of benzene rings is 2. The molecule has 0 aliphatic carbocycles. The zero-order valence-electron chi connectivity index (χ0n) is 16.8. The van der Waals surface area contributed by atoms with Gasteiger partial charge in [-0.05, 0) is 18.1 Å². The lowest BCUT2D eigenvalue weighted by Gasteiger charge is -2.16. The Morgan fingerprint density at radius 1 is 0.970 bits per heavy atom. The molecular formula is C20H16N4O9. The number of nitro groups is 2. The number of non-ortho nitro benzene ring substituents is 2. The normalized spacial score (nSPS) is 14.2. The minimum atomic E-state index is -1.27. The third kappa shape index (κ3) is 5.22. The molecule has 0 spiro atoms. The van der Waals surface area contributed by atoms with Gasteiger partial charge in [-0.3, -0.25) is 34.6 Å². The van der Waals surface area contributed by atoms with Gasteiger partial charge in [-0.15, -0.1) is 5.06 Å². The summed E-state index contributed by atoms with van der Waals surface area (Å²) in [5, 5.41) is 22.5. The predicted molar refractivity (Wildman–Crippen MR) is 108 cm³/mol. The van der Waals surface area contributed by atoms with Crippen molar-refractivity contribution in [1.82, 2.24) is 5.06 Å². The summed E-state index contributed by atoms with van der Waals surface area (Å²) in [5.41, 5.74) is 4.77. The highest BCUT2D eigenvalue weighted by atomic mass is 16.7. The first kappa shape index (κ1) is 23.1. The Kier molecular flexibility index (Phi) is 6.53. The summed E-state index contributed by atoms with van der Waals surface area (Å²) < 4.78 is 0. The summed E-state index contributed by atoms with van der Waals surface area (Å²) in [5.74, 6) is -3.05. The van der Waals surface area contributed by atoms with E-state index in [1.54, 1.807) is 6.07 Å². The maximum Gasteiger partial charge on any atom is 0.350 e. The van der Waals surface area contributed by atoms with E-state index >= 15 is 0 Å². The van der Waals surface area contributed by atoms with Crippen LogP contribution in [0.25, 0.3) is 0 Å². The maximum atomic E-state index is 12.8. The predicted octanol–water partition coefficient (Wildman–Crippen LogP) is 1.21. The molecule has 0 unspecified atom stereocenters. The lowest BCUT2D eigenvalue weighted by Crippen LogP contribution is -2.41. The fourth-order valence-electron chi connectivity index (χ4n) is 3.10. The van der Waals surface area contributed by atoms with Crippen molar-refractivity contribution in [2.24, 2.45) is 5.73 Å². The second-order valence-corrected chi connectivity index (χ2v) is 7.08. The molecule has 1 aliphatic rings. The molecule has 2 aromatic rings. The van der Waals surface area contributed by atoms with Crippen molar-refractivity contribution in [2.75, 3.05) is 0 Å². The van der Waals surface area contributed by atoms with Crippen LogP contribution in [-0.2, 0) is 25.6 Å². The third-order valence-corrected chi connectivity index (χ3v) is 4.72. The van der Waals surface area contributed by atoms with Crippen LogP contribution in [0.5, 0.6) is 0 Å². The number of hydrogen-bond donors (Lipinski definition) is 1. The van der Waals surface area contributed by atoms with E-state index in [1.165, 1.54) is 18.2 Å². The van der Waals surface area contributed by atoms with Crippen LogP contribution in [0.4, 0.5) is 11.4 Å². The quantitative estimate of drug-likeness (QED) is 0.261. The molecule has 33 heavy (non-hydrogen) atoms. The van der Waals surface area contributed by atoms with Crippen molar-refractivity contribution < 1.29 is 33.9 Å². The molecule has 1 heterocycles. The molecule has 1 atom stereocenters. The smallest absolute Gasteiger partial charge is 0.329 e. The number of nitrogens with two attached hydrogens (primary N) is 1. The number of ketones is 1. The van der Waals surface area contributed by atoms with Gasteiger partial charge in [-0.25, -0.2) is 4.79 Å². The van der Waals surface area contributed by atoms with Crippen LogP contribution in [0.3, 0.4) is 0 Å². The third-order valence-electron chi connectivity index (χ3n) is 4.72. The molecule has 170 valence electrons. The molecule has 0 bridgehead atoms. The van der Waals surface area contributed by atoms with Gasteiger partial charge in [-0.1, -0.05) is 18.2 Å². The molecule has 0 saturated carbocycles. The van der Waals surface area contributed by atoms with E-state index < -0.39 is 50.8 Å². The van der Waals surface area contributed by atoms with E-state index in [1.807, 2.05) is 0 Å². The summed E-state index contributed by atoms with van der Waals surface area (Å²) in [6.45, 7) is 0. The number of hydroxylamine groups is 2. The highest BCUT2D eigenvalue weighted by Crippen LogP contribution is 2.25. The lowest BCUT2D eigenvalue weighted by molar-refractivity contribution is -0.394. The molecule has 1 aliphatic heterocycles. The SMILES string of the molecule is N[C@@H](Cc1cccc(C(=O)c2cc([N+](=O)[O-])cc([N+](=O)[O-])c2)c1)C(=O)ON1C(=O)CCC1=O. The van der Waals surface area contributed by atoms with Gasteiger partial charge in [-0.2, -0.15) is 0 Å². The summed E-state index contributed by atoms with van der Waals surface area (Å²) >= 11 is 0. The molecule has 2 N–H and O–H groups in total. The van der Waals surface area contributed by atoms with Crippen molar-refractivity contribution in [2.45, 2.75) is 25.3 Å². The van der Waals surface area contributed by atoms with Gasteiger partial charge in [0.1, 0.15) is 6.04 Å². The van der Waals surface area contributed by atoms with Crippen LogP contribution in [0.2, 0.25) is 0 Å². The van der Waals surface area contributed by atoms with Crippen LogP contribution in [0.15, 0.2) is 42.5 Å². The molecule has 3 rings (SSSR count). The number of imide groups is 1.